The lowest BCUT2D eigenvalue weighted by atomic mass is 10.2. The molecule has 0 spiro atoms. The zero-order valence-corrected chi connectivity index (χ0v) is 7.96. The van der Waals surface area contributed by atoms with Crippen LogP contribution in [0.15, 0.2) is 29.5 Å². The summed E-state index contributed by atoms with van der Waals surface area (Å²) in [7, 11) is 0. The van der Waals surface area contributed by atoms with Gasteiger partial charge in [0.25, 0.3) is 0 Å². The number of nitrogens with one attached hydrogen (secondary N) is 1. The van der Waals surface area contributed by atoms with E-state index in [4.69, 9.17) is 0 Å². The van der Waals surface area contributed by atoms with Gasteiger partial charge in [0, 0.05) is 18.1 Å². The van der Waals surface area contributed by atoms with E-state index >= 15 is 0 Å². The van der Waals surface area contributed by atoms with Crippen LogP contribution < -0.4 is 0 Å². The fraction of sp³-hybridized carbons (Fsp3) is 0.300. The van der Waals surface area contributed by atoms with Gasteiger partial charge in [-0.15, -0.1) is 0 Å². The van der Waals surface area contributed by atoms with Crippen LogP contribution in [0.3, 0.4) is 0 Å². The lowest BCUT2D eigenvalue weighted by Gasteiger charge is -1.91. The summed E-state index contributed by atoms with van der Waals surface area (Å²) in [5.41, 5.74) is 2.19. The van der Waals surface area contributed by atoms with E-state index in [0.29, 0.717) is 0 Å². The molecule has 2 nitrogen and oxygen atoms in total. The van der Waals surface area contributed by atoms with Crippen LogP contribution in [0.25, 0.3) is 5.57 Å². The van der Waals surface area contributed by atoms with E-state index in [2.05, 4.69) is 16.7 Å². The summed E-state index contributed by atoms with van der Waals surface area (Å²) >= 11 is 0. The Morgan fingerprint density at radius 3 is 2.67 bits per heavy atom. The van der Waals surface area contributed by atoms with Crippen LogP contribution in [-0.2, 0) is 0 Å². The highest BCUT2D eigenvalue weighted by molar-refractivity contribution is 5.60. The van der Waals surface area contributed by atoms with E-state index in [-0.39, 0.29) is 0 Å². The molecule has 0 bridgehead atoms. The quantitative estimate of drug-likeness (QED) is 0.651. The number of hydrogen-bond donors (Lipinski definition) is 1. The number of allylic oxidation sites excluding steroid dienone is 1. The van der Waals surface area contributed by atoms with Gasteiger partial charge in [-0.05, 0) is 31.3 Å². The van der Waals surface area contributed by atoms with Crippen LogP contribution in [0.5, 0.6) is 0 Å². The molecule has 0 unspecified atom stereocenters. The monoisotopic (exact) mass is 164 g/mol. The van der Waals surface area contributed by atoms with Crippen molar-refractivity contribution in [3.63, 3.8) is 0 Å². The van der Waals surface area contributed by atoms with Crippen molar-refractivity contribution in [1.29, 1.82) is 0 Å². The second kappa shape index (κ2) is 6.40. The van der Waals surface area contributed by atoms with E-state index in [1.165, 1.54) is 0 Å². The van der Waals surface area contributed by atoms with Crippen LogP contribution >= 0.6 is 0 Å². The number of aliphatic imine (C=N–C) groups is 1. The summed E-state index contributed by atoms with van der Waals surface area (Å²) in [5.74, 6) is 0. The maximum atomic E-state index is 3.66. The molecule has 0 radical (unpaired) electrons. The first kappa shape index (κ1) is 10.7. The minimum absolute atomic E-state index is 1.09. The summed E-state index contributed by atoms with van der Waals surface area (Å²) in [6, 6.07) is 3.95. The van der Waals surface area contributed by atoms with Gasteiger partial charge in [-0.25, -0.2) is 0 Å². The number of hydrogen-bond acceptors (Lipinski definition) is 1. The van der Waals surface area contributed by atoms with Crippen LogP contribution in [0.4, 0.5) is 0 Å². The average Bonchev–Trinajstić information content (AvgIpc) is 2.60. The Hall–Kier alpha value is -1.31. The first-order chi connectivity index (χ1) is 5.84. The molecule has 0 saturated carbocycles. The van der Waals surface area contributed by atoms with Gasteiger partial charge in [0.05, 0.1) is 0 Å². The minimum atomic E-state index is 1.09. The summed E-state index contributed by atoms with van der Waals surface area (Å²) in [5, 5.41) is 0. The molecule has 0 aliphatic rings. The molecule has 0 aliphatic carbocycles. The summed E-state index contributed by atoms with van der Waals surface area (Å²) < 4.78 is 0. The lowest BCUT2D eigenvalue weighted by Crippen LogP contribution is -1.75. The van der Waals surface area contributed by atoms with Gasteiger partial charge < -0.3 is 4.98 Å². The third kappa shape index (κ3) is 3.19. The Morgan fingerprint density at radius 2 is 2.25 bits per heavy atom. The van der Waals surface area contributed by atoms with Crippen LogP contribution in [0, 0.1) is 0 Å². The molecule has 1 aromatic heterocycles. The highest BCUT2D eigenvalue weighted by Gasteiger charge is 1.91. The van der Waals surface area contributed by atoms with Crippen LogP contribution in [-0.4, -0.2) is 11.7 Å². The Labute approximate surface area is 74.0 Å². The van der Waals surface area contributed by atoms with Crippen molar-refractivity contribution >= 4 is 12.3 Å². The molecule has 1 N–H and O–H groups in total. The highest BCUT2D eigenvalue weighted by Crippen LogP contribution is 2.09. The molecular weight excluding hydrogens is 148 g/mol. The number of rotatable bonds is 2. The molecule has 66 valence electrons. The zero-order chi connectivity index (χ0) is 9.40. The molecule has 1 rings (SSSR count). The van der Waals surface area contributed by atoms with Crippen molar-refractivity contribution in [2.24, 2.45) is 4.99 Å². The van der Waals surface area contributed by atoms with Gasteiger partial charge in [0.2, 0.25) is 0 Å². The molecule has 1 aromatic rings. The van der Waals surface area contributed by atoms with Gasteiger partial charge in [0.1, 0.15) is 0 Å². The standard InChI is InChI=1S/C8H10N2.C2H6/c1-7(6-9-2)8-4-3-5-10-8;1-2/h3-6,10H,2H2,1H3;1-2H3/b7-6-;. The molecule has 12 heavy (non-hydrogen) atoms. The Balaban J connectivity index is 0.000000561. The molecule has 0 atom stereocenters. The van der Waals surface area contributed by atoms with Crippen molar-refractivity contribution in [3.05, 3.63) is 30.2 Å². The molecule has 0 aliphatic heterocycles. The molecule has 0 saturated heterocycles. The van der Waals surface area contributed by atoms with Crippen LogP contribution in [0.1, 0.15) is 26.5 Å². The maximum Gasteiger partial charge on any atom is 0.0425 e. The van der Waals surface area contributed by atoms with E-state index in [1.807, 2.05) is 39.1 Å². The third-order valence-electron chi connectivity index (χ3n) is 1.31. The number of H-pyrrole nitrogens is 1. The molecule has 0 aromatic carbocycles. The largest absolute Gasteiger partial charge is 0.361 e. The fourth-order valence-corrected chi connectivity index (χ4v) is 0.782. The first-order valence-electron chi connectivity index (χ1n) is 4.11. The van der Waals surface area contributed by atoms with Crippen molar-refractivity contribution in [1.82, 2.24) is 4.98 Å². The molecule has 0 fully saturated rings. The minimum Gasteiger partial charge on any atom is -0.361 e. The predicted octanol–water partition coefficient (Wildman–Crippen LogP) is 3.10. The van der Waals surface area contributed by atoms with E-state index in [0.717, 1.165) is 11.3 Å². The van der Waals surface area contributed by atoms with E-state index in [1.54, 1.807) is 6.20 Å². The van der Waals surface area contributed by atoms with Crippen molar-refractivity contribution in [2.75, 3.05) is 0 Å². The summed E-state index contributed by atoms with van der Waals surface area (Å²) in [6.07, 6.45) is 3.61. The van der Waals surface area contributed by atoms with Crippen molar-refractivity contribution in [2.45, 2.75) is 20.8 Å². The first-order valence-corrected chi connectivity index (χ1v) is 4.11. The Kier molecular flexibility index (Phi) is 5.70. The molecule has 1 heterocycles. The van der Waals surface area contributed by atoms with Gasteiger partial charge in [0.15, 0.2) is 0 Å². The van der Waals surface area contributed by atoms with Gasteiger partial charge in [-0.2, -0.15) is 0 Å². The molecule has 2 heteroatoms. The Bertz CT molecular complexity index is 232. The average molecular weight is 164 g/mol. The fourth-order valence-electron chi connectivity index (χ4n) is 0.782. The summed E-state index contributed by atoms with van der Waals surface area (Å²) in [4.78, 5) is 6.73. The summed E-state index contributed by atoms with van der Waals surface area (Å²) in [6.45, 7) is 9.36. The topological polar surface area (TPSA) is 28.1 Å². The second-order valence-corrected chi connectivity index (χ2v) is 2.08. The number of aromatic nitrogens is 1. The molecular formula is C10H16N2. The van der Waals surface area contributed by atoms with Gasteiger partial charge >= 0.3 is 0 Å². The van der Waals surface area contributed by atoms with Crippen molar-refractivity contribution < 1.29 is 0 Å². The normalized spacial score (nSPS) is 10.1. The maximum absolute atomic E-state index is 3.66. The smallest absolute Gasteiger partial charge is 0.0425 e. The van der Waals surface area contributed by atoms with E-state index < -0.39 is 0 Å². The number of aromatic amines is 1. The predicted molar refractivity (Wildman–Crippen MR) is 55.3 cm³/mol. The zero-order valence-electron chi connectivity index (χ0n) is 7.96. The Morgan fingerprint density at radius 1 is 1.58 bits per heavy atom. The van der Waals surface area contributed by atoms with Gasteiger partial charge in [-0.1, -0.05) is 13.8 Å². The van der Waals surface area contributed by atoms with E-state index in [9.17, 15) is 0 Å². The lowest BCUT2D eigenvalue weighted by molar-refractivity contribution is 1.33. The second-order valence-electron chi connectivity index (χ2n) is 2.08. The van der Waals surface area contributed by atoms with Crippen LogP contribution in [0.2, 0.25) is 0 Å². The van der Waals surface area contributed by atoms with Crippen molar-refractivity contribution in [3.8, 4) is 0 Å². The SMILES string of the molecule is C=N/C=C(/C)c1ccc[nH]1.CC. The molecule has 0 amide bonds. The third-order valence-corrected chi connectivity index (χ3v) is 1.31. The number of nitrogens with zero attached hydrogens (tertiary/aromatic N) is 1. The highest BCUT2D eigenvalue weighted by atomic mass is 14.7. The van der Waals surface area contributed by atoms with Gasteiger partial charge in [-0.3, -0.25) is 4.99 Å².